The molecular weight excluding hydrogens is 744 g/mol. The largest absolute Gasteiger partial charge is 0.309 e. The first-order valence-corrected chi connectivity index (χ1v) is 22.8. The predicted octanol–water partition coefficient (Wildman–Crippen LogP) is 14.2. The first-order chi connectivity index (χ1) is 29.2. The van der Waals surface area contributed by atoms with Crippen molar-refractivity contribution < 1.29 is 4.57 Å². The first-order valence-electron chi connectivity index (χ1n) is 21.1. The molecule has 0 saturated carbocycles. The average molecular weight is 787 g/mol. The molecule has 0 fully saturated rings. The van der Waals surface area contributed by atoms with Crippen LogP contribution in [0.25, 0.3) is 76.5 Å². The Labute approximate surface area is 351 Å². The summed E-state index contributed by atoms with van der Waals surface area (Å²) in [5.74, 6) is 0. The maximum Gasteiger partial charge on any atom is 0.171 e. The van der Waals surface area contributed by atoms with Gasteiger partial charge in [-0.3, -0.25) is 0 Å². The highest BCUT2D eigenvalue weighted by atomic mass is 31.2. The molecule has 0 saturated heterocycles. The summed E-state index contributed by atoms with van der Waals surface area (Å²) in [5.41, 5.74) is 12.0. The van der Waals surface area contributed by atoms with E-state index >= 15 is 4.57 Å². The molecule has 0 N–H and O–H groups in total. The molecule has 0 amide bonds. The normalized spacial score (nSPS) is 14.7. The molecule has 286 valence electrons. The molecule has 0 spiro atoms. The summed E-state index contributed by atoms with van der Waals surface area (Å²) in [4.78, 5) is 0. The molecule has 1 nitrogen and oxygen atoms in total. The summed E-state index contributed by atoms with van der Waals surface area (Å²) in [6.07, 6.45) is 0. The number of hydrogen-bond acceptors (Lipinski definition) is 1. The van der Waals surface area contributed by atoms with Crippen LogP contribution in [0.15, 0.2) is 188 Å². The van der Waals surface area contributed by atoms with Crippen LogP contribution in [0.2, 0.25) is 0 Å². The van der Waals surface area contributed by atoms with Gasteiger partial charge in [0.25, 0.3) is 0 Å². The van der Waals surface area contributed by atoms with E-state index < -0.39 is 7.14 Å². The Bertz CT molecular complexity index is 3400. The lowest BCUT2D eigenvalue weighted by Crippen LogP contribution is -2.28. The number of benzene rings is 10. The zero-order valence-corrected chi connectivity index (χ0v) is 35.1. The lowest BCUT2D eigenvalue weighted by atomic mass is 9.82. The van der Waals surface area contributed by atoms with Gasteiger partial charge in [0.15, 0.2) is 7.14 Å². The van der Waals surface area contributed by atoms with Crippen LogP contribution in [-0.2, 0) is 15.4 Å². The lowest BCUT2D eigenvalue weighted by molar-refractivity contribution is 0.592. The molecule has 2 aliphatic carbocycles. The third-order valence-electron chi connectivity index (χ3n) is 14.1. The quantitative estimate of drug-likeness (QED) is 0.0986. The van der Waals surface area contributed by atoms with Crippen LogP contribution in [0.4, 0.5) is 0 Å². The van der Waals surface area contributed by atoms with Gasteiger partial charge in [0.1, 0.15) is 0 Å². The van der Waals surface area contributed by atoms with Crippen molar-refractivity contribution in [2.24, 2.45) is 0 Å². The van der Waals surface area contributed by atoms with Gasteiger partial charge in [0.05, 0.1) is 0 Å². The minimum atomic E-state index is -3.42. The van der Waals surface area contributed by atoms with E-state index in [-0.39, 0.29) is 10.8 Å². The van der Waals surface area contributed by atoms with Crippen molar-refractivity contribution in [1.82, 2.24) is 0 Å². The highest BCUT2D eigenvalue weighted by Gasteiger charge is 2.40. The molecule has 10 aromatic carbocycles. The minimum Gasteiger partial charge on any atom is -0.309 e. The number of fused-ring (bicyclic) bond motifs is 13. The molecule has 0 bridgehead atoms. The summed E-state index contributed by atoms with van der Waals surface area (Å²) in [6, 6.07) is 68.3. The van der Waals surface area contributed by atoms with Crippen LogP contribution in [-0.4, -0.2) is 0 Å². The zero-order valence-electron chi connectivity index (χ0n) is 34.3. The predicted molar refractivity (Wildman–Crippen MR) is 256 cm³/mol. The Morgan fingerprint density at radius 3 is 1.33 bits per heavy atom. The van der Waals surface area contributed by atoms with Crippen LogP contribution < -0.4 is 15.9 Å². The molecule has 12 rings (SSSR count). The molecular formula is C58H43OP. The average Bonchev–Trinajstić information content (AvgIpc) is 3.67. The maximum absolute atomic E-state index is 16.8. The van der Waals surface area contributed by atoms with Gasteiger partial charge in [0, 0.05) is 26.7 Å². The van der Waals surface area contributed by atoms with Crippen molar-refractivity contribution in [1.29, 1.82) is 0 Å². The van der Waals surface area contributed by atoms with E-state index in [0.29, 0.717) is 0 Å². The highest BCUT2D eigenvalue weighted by molar-refractivity contribution is 7.85. The first kappa shape index (κ1) is 35.4. The Morgan fingerprint density at radius 2 is 0.767 bits per heavy atom. The summed E-state index contributed by atoms with van der Waals surface area (Å²) in [5, 5.41) is 12.5. The van der Waals surface area contributed by atoms with Crippen molar-refractivity contribution in [2.45, 2.75) is 38.5 Å². The van der Waals surface area contributed by atoms with E-state index in [1.54, 1.807) is 0 Å². The van der Waals surface area contributed by atoms with Gasteiger partial charge in [0.2, 0.25) is 0 Å². The fraction of sp³-hybridized carbons (Fsp3) is 0.103. The number of hydrogen-bond donors (Lipinski definition) is 0. The molecule has 0 aliphatic heterocycles. The Balaban J connectivity index is 1.10. The van der Waals surface area contributed by atoms with Gasteiger partial charge in [-0.1, -0.05) is 198 Å². The molecule has 0 unspecified atom stereocenters. The van der Waals surface area contributed by atoms with E-state index in [2.05, 4.69) is 216 Å². The molecule has 2 heteroatoms. The maximum atomic E-state index is 16.8. The zero-order chi connectivity index (χ0) is 40.5. The third-order valence-corrected chi connectivity index (χ3v) is 17.2. The van der Waals surface area contributed by atoms with Crippen molar-refractivity contribution >= 4 is 66.1 Å². The minimum absolute atomic E-state index is 0.222. The van der Waals surface area contributed by atoms with Crippen LogP contribution in [0.1, 0.15) is 49.9 Å². The molecule has 60 heavy (non-hydrogen) atoms. The molecule has 0 radical (unpaired) electrons. The molecule has 2 aliphatic rings. The smallest absolute Gasteiger partial charge is 0.171 e. The van der Waals surface area contributed by atoms with E-state index in [0.717, 1.165) is 21.5 Å². The molecule has 0 heterocycles. The molecule has 0 atom stereocenters. The van der Waals surface area contributed by atoms with Crippen LogP contribution >= 0.6 is 7.14 Å². The van der Waals surface area contributed by atoms with Crippen LogP contribution in [0.5, 0.6) is 0 Å². The number of rotatable bonds is 4. The van der Waals surface area contributed by atoms with E-state index in [9.17, 15) is 0 Å². The Morgan fingerprint density at radius 1 is 0.350 bits per heavy atom. The molecule has 0 aromatic heterocycles. The van der Waals surface area contributed by atoms with Gasteiger partial charge in [-0.2, -0.15) is 0 Å². The van der Waals surface area contributed by atoms with Crippen LogP contribution in [0.3, 0.4) is 0 Å². The van der Waals surface area contributed by atoms with Gasteiger partial charge >= 0.3 is 0 Å². The third kappa shape index (κ3) is 4.73. The standard InChI is InChI=1S/C58H43OP/c1-57(2)51-23-13-11-20-45(51)47-31-29-39(34-53(47)57)60(59,40-30-32-48-46-21-12-14-24-52(46)58(3,4)54(48)35-40)38-27-25-36(26-28-38)55-41-16-6-5-15-37(41)33-50-44-19-8-7-17-42(44)43-18-9-10-22-49(43)56(50)55/h5-35H,1-4H3. The monoisotopic (exact) mass is 786 g/mol. The molecule has 10 aromatic rings. The second-order valence-corrected chi connectivity index (χ2v) is 20.7. The van der Waals surface area contributed by atoms with Gasteiger partial charge < -0.3 is 4.57 Å². The SMILES string of the molecule is CC1(C)c2ccccc2-c2ccc(P(=O)(c3ccc(-c4c5ccccc5cc5c6ccccc6c6ccccc6c45)cc3)c3ccc4c(c3)C(C)(C)c3ccccc3-4)cc21. The summed E-state index contributed by atoms with van der Waals surface area (Å²) < 4.78 is 16.8. The van der Waals surface area contributed by atoms with Crippen molar-refractivity contribution in [3.63, 3.8) is 0 Å². The second kappa shape index (κ2) is 12.5. The van der Waals surface area contributed by atoms with Crippen molar-refractivity contribution in [2.75, 3.05) is 0 Å². The second-order valence-electron chi connectivity index (χ2n) is 17.9. The fourth-order valence-corrected chi connectivity index (χ4v) is 13.7. The van der Waals surface area contributed by atoms with Gasteiger partial charge in [-0.25, -0.2) is 0 Å². The van der Waals surface area contributed by atoms with Crippen molar-refractivity contribution in [3.05, 3.63) is 210 Å². The van der Waals surface area contributed by atoms with Crippen LogP contribution in [0, 0.1) is 0 Å². The van der Waals surface area contributed by atoms with Gasteiger partial charge in [-0.15, -0.1) is 0 Å². The summed E-state index contributed by atoms with van der Waals surface area (Å²) >= 11 is 0. The van der Waals surface area contributed by atoms with E-state index in [1.807, 2.05) is 0 Å². The summed E-state index contributed by atoms with van der Waals surface area (Å²) in [7, 11) is -3.42. The lowest BCUT2D eigenvalue weighted by Gasteiger charge is -2.27. The Kier molecular flexibility index (Phi) is 7.38. The highest BCUT2D eigenvalue weighted by Crippen LogP contribution is 2.54. The van der Waals surface area contributed by atoms with E-state index in [1.165, 1.54) is 93.2 Å². The fourth-order valence-electron chi connectivity index (χ4n) is 11.1. The van der Waals surface area contributed by atoms with E-state index in [4.69, 9.17) is 0 Å². The topological polar surface area (TPSA) is 17.1 Å². The van der Waals surface area contributed by atoms with Crippen molar-refractivity contribution in [3.8, 4) is 33.4 Å². The van der Waals surface area contributed by atoms with Gasteiger partial charge in [-0.05, 0) is 117 Å². The Hall–Kier alpha value is -6.53. The summed E-state index contributed by atoms with van der Waals surface area (Å²) in [6.45, 7) is 9.21.